The minimum absolute atomic E-state index is 0.616. The molecule has 0 aliphatic rings. The van der Waals surface area contributed by atoms with Crippen LogP contribution in [0.2, 0.25) is 0 Å². The number of hydrogen-bond acceptors (Lipinski definition) is 2. The summed E-state index contributed by atoms with van der Waals surface area (Å²) in [4.78, 5) is 0. The lowest BCUT2D eigenvalue weighted by Crippen LogP contribution is -2.25. The molecule has 0 amide bonds. The number of rotatable bonds is 9. The highest BCUT2D eigenvalue weighted by atomic mass is 16.5. The molecule has 18 heavy (non-hydrogen) atoms. The highest BCUT2D eigenvalue weighted by Crippen LogP contribution is 2.22. The quantitative estimate of drug-likeness (QED) is 0.677. The molecule has 0 radical (unpaired) electrons. The lowest BCUT2D eigenvalue weighted by molar-refractivity contribution is 0.198. The first-order valence-corrected chi connectivity index (χ1v) is 6.98. The summed E-state index contributed by atoms with van der Waals surface area (Å²) in [6.45, 7) is 7.34. The van der Waals surface area contributed by atoms with Crippen LogP contribution in [-0.4, -0.2) is 26.8 Å². The molecule has 2 heteroatoms. The molecular weight excluding hydrogens is 222 g/mol. The highest BCUT2D eigenvalue weighted by molar-refractivity contribution is 5.19. The third kappa shape index (κ3) is 6.18. The molecular formula is C16H27NO. The molecule has 102 valence electrons. The van der Waals surface area contributed by atoms with Gasteiger partial charge in [-0.25, -0.2) is 0 Å². The SMILES string of the molecule is COCCNCC(CCC(C)C)c1ccccc1. The van der Waals surface area contributed by atoms with Gasteiger partial charge in [-0.2, -0.15) is 0 Å². The van der Waals surface area contributed by atoms with Crippen LogP contribution >= 0.6 is 0 Å². The third-order valence-electron chi connectivity index (χ3n) is 3.24. The van der Waals surface area contributed by atoms with E-state index in [0.717, 1.165) is 25.6 Å². The zero-order valence-corrected chi connectivity index (χ0v) is 12.0. The van der Waals surface area contributed by atoms with E-state index in [9.17, 15) is 0 Å². The van der Waals surface area contributed by atoms with Crippen molar-refractivity contribution in [2.24, 2.45) is 5.92 Å². The predicted octanol–water partition coefficient (Wildman–Crippen LogP) is 3.44. The summed E-state index contributed by atoms with van der Waals surface area (Å²) in [7, 11) is 1.75. The maximum atomic E-state index is 5.07. The lowest BCUT2D eigenvalue weighted by atomic mass is 9.91. The summed E-state index contributed by atoms with van der Waals surface area (Å²) in [5, 5.41) is 3.48. The van der Waals surface area contributed by atoms with Crippen LogP contribution in [0.15, 0.2) is 30.3 Å². The molecule has 1 rings (SSSR count). The van der Waals surface area contributed by atoms with Crippen LogP contribution in [-0.2, 0) is 4.74 Å². The summed E-state index contributed by atoms with van der Waals surface area (Å²) >= 11 is 0. The van der Waals surface area contributed by atoms with Gasteiger partial charge in [0.2, 0.25) is 0 Å². The number of methoxy groups -OCH3 is 1. The molecule has 0 heterocycles. The van der Waals surface area contributed by atoms with Gasteiger partial charge in [0.1, 0.15) is 0 Å². The summed E-state index contributed by atoms with van der Waals surface area (Å²) in [6, 6.07) is 10.8. The van der Waals surface area contributed by atoms with Gasteiger partial charge in [0, 0.05) is 20.2 Å². The van der Waals surface area contributed by atoms with Gasteiger partial charge in [0.25, 0.3) is 0 Å². The molecule has 0 fully saturated rings. The standard InChI is InChI=1S/C16H27NO/c1-14(2)9-10-16(13-17-11-12-18-3)15-7-5-4-6-8-15/h4-8,14,16-17H,9-13H2,1-3H3. The summed E-state index contributed by atoms with van der Waals surface area (Å²) in [6.07, 6.45) is 2.53. The monoisotopic (exact) mass is 249 g/mol. The first kappa shape index (κ1) is 15.2. The van der Waals surface area contributed by atoms with Crippen LogP contribution in [0.25, 0.3) is 0 Å². The largest absolute Gasteiger partial charge is 0.383 e. The van der Waals surface area contributed by atoms with E-state index < -0.39 is 0 Å². The fraction of sp³-hybridized carbons (Fsp3) is 0.625. The molecule has 1 unspecified atom stereocenters. The summed E-state index contributed by atoms with van der Waals surface area (Å²) < 4.78 is 5.07. The van der Waals surface area contributed by atoms with Crippen LogP contribution in [0.5, 0.6) is 0 Å². The van der Waals surface area contributed by atoms with Crippen LogP contribution in [0.3, 0.4) is 0 Å². The van der Waals surface area contributed by atoms with Gasteiger partial charge in [-0.15, -0.1) is 0 Å². The number of benzene rings is 1. The van der Waals surface area contributed by atoms with Gasteiger partial charge in [0.15, 0.2) is 0 Å². The molecule has 0 bridgehead atoms. The maximum Gasteiger partial charge on any atom is 0.0587 e. The molecule has 0 aliphatic heterocycles. The predicted molar refractivity (Wildman–Crippen MR) is 78.0 cm³/mol. The van der Waals surface area contributed by atoms with Gasteiger partial charge in [-0.1, -0.05) is 50.6 Å². The van der Waals surface area contributed by atoms with Crippen LogP contribution < -0.4 is 5.32 Å². The lowest BCUT2D eigenvalue weighted by Gasteiger charge is -2.19. The van der Waals surface area contributed by atoms with E-state index in [1.54, 1.807) is 7.11 Å². The Labute approximate surface area is 112 Å². The van der Waals surface area contributed by atoms with E-state index >= 15 is 0 Å². The molecule has 0 aromatic heterocycles. The van der Waals surface area contributed by atoms with E-state index in [0.29, 0.717) is 5.92 Å². The van der Waals surface area contributed by atoms with Crippen LogP contribution in [0.4, 0.5) is 0 Å². The molecule has 1 aromatic carbocycles. The number of hydrogen-bond donors (Lipinski definition) is 1. The molecule has 0 saturated carbocycles. The number of nitrogens with one attached hydrogen (secondary N) is 1. The fourth-order valence-corrected chi connectivity index (χ4v) is 2.10. The van der Waals surface area contributed by atoms with Crippen molar-refractivity contribution in [2.75, 3.05) is 26.8 Å². The van der Waals surface area contributed by atoms with E-state index in [1.807, 2.05) is 0 Å². The minimum Gasteiger partial charge on any atom is -0.383 e. The Hall–Kier alpha value is -0.860. The first-order chi connectivity index (χ1) is 8.74. The molecule has 0 saturated heterocycles. The maximum absolute atomic E-state index is 5.07. The van der Waals surface area contributed by atoms with Gasteiger partial charge < -0.3 is 10.1 Å². The Kier molecular flexibility index (Phi) is 7.70. The van der Waals surface area contributed by atoms with E-state index in [2.05, 4.69) is 49.5 Å². The van der Waals surface area contributed by atoms with Gasteiger partial charge in [-0.05, 0) is 23.8 Å². The second-order valence-electron chi connectivity index (χ2n) is 5.28. The van der Waals surface area contributed by atoms with Crippen molar-refractivity contribution in [1.82, 2.24) is 5.32 Å². The Morgan fingerprint density at radius 2 is 1.83 bits per heavy atom. The van der Waals surface area contributed by atoms with Crippen molar-refractivity contribution in [2.45, 2.75) is 32.6 Å². The van der Waals surface area contributed by atoms with Gasteiger partial charge >= 0.3 is 0 Å². The van der Waals surface area contributed by atoms with E-state index in [-0.39, 0.29) is 0 Å². The molecule has 0 spiro atoms. The Morgan fingerprint density at radius 1 is 1.11 bits per heavy atom. The molecule has 1 aromatic rings. The number of ether oxygens (including phenoxy) is 1. The smallest absolute Gasteiger partial charge is 0.0587 e. The molecule has 1 atom stereocenters. The average molecular weight is 249 g/mol. The van der Waals surface area contributed by atoms with Crippen molar-refractivity contribution in [3.63, 3.8) is 0 Å². The average Bonchev–Trinajstić information content (AvgIpc) is 2.38. The van der Waals surface area contributed by atoms with Crippen molar-refractivity contribution in [3.05, 3.63) is 35.9 Å². The Bertz CT molecular complexity index is 297. The van der Waals surface area contributed by atoms with E-state index in [1.165, 1.54) is 18.4 Å². The van der Waals surface area contributed by atoms with Crippen LogP contribution in [0, 0.1) is 5.92 Å². The Balaban J connectivity index is 2.47. The van der Waals surface area contributed by atoms with Gasteiger partial charge in [0.05, 0.1) is 6.61 Å². The van der Waals surface area contributed by atoms with Crippen molar-refractivity contribution in [3.8, 4) is 0 Å². The second-order valence-corrected chi connectivity index (χ2v) is 5.28. The summed E-state index contributed by atoms with van der Waals surface area (Å²) in [5.74, 6) is 1.39. The van der Waals surface area contributed by atoms with Gasteiger partial charge in [-0.3, -0.25) is 0 Å². The highest BCUT2D eigenvalue weighted by Gasteiger charge is 2.11. The van der Waals surface area contributed by atoms with Crippen molar-refractivity contribution in [1.29, 1.82) is 0 Å². The molecule has 1 N–H and O–H groups in total. The first-order valence-electron chi connectivity index (χ1n) is 6.98. The van der Waals surface area contributed by atoms with Crippen molar-refractivity contribution < 1.29 is 4.74 Å². The third-order valence-corrected chi connectivity index (χ3v) is 3.24. The summed E-state index contributed by atoms with van der Waals surface area (Å²) in [5.41, 5.74) is 1.45. The minimum atomic E-state index is 0.616. The Morgan fingerprint density at radius 3 is 2.44 bits per heavy atom. The van der Waals surface area contributed by atoms with Crippen molar-refractivity contribution >= 4 is 0 Å². The topological polar surface area (TPSA) is 21.3 Å². The van der Waals surface area contributed by atoms with Crippen LogP contribution in [0.1, 0.15) is 38.2 Å². The zero-order chi connectivity index (χ0) is 13.2. The van der Waals surface area contributed by atoms with E-state index in [4.69, 9.17) is 4.74 Å². The zero-order valence-electron chi connectivity index (χ0n) is 12.0. The molecule has 2 nitrogen and oxygen atoms in total. The second kappa shape index (κ2) is 9.12. The normalized spacial score (nSPS) is 12.9. The fourth-order valence-electron chi connectivity index (χ4n) is 2.10. The molecule has 0 aliphatic carbocycles.